The van der Waals surface area contributed by atoms with E-state index in [4.69, 9.17) is 0 Å². The highest BCUT2D eigenvalue weighted by Crippen LogP contribution is 2.43. The zero-order valence-corrected chi connectivity index (χ0v) is 19.9. The Hall–Kier alpha value is -1.53. The van der Waals surface area contributed by atoms with Crippen LogP contribution in [0.25, 0.3) is 0 Å². The van der Waals surface area contributed by atoms with Crippen LogP contribution >= 0.6 is 7.92 Å². The van der Waals surface area contributed by atoms with Crippen LogP contribution in [0.3, 0.4) is 0 Å². The molecular formula is C26H39O2P. The first-order valence-electron chi connectivity index (χ1n) is 11.3. The highest BCUT2D eigenvalue weighted by atomic mass is 31.1. The zero-order chi connectivity index (χ0) is 21.4. The lowest BCUT2D eigenvalue weighted by molar-refractivity contribution is 0.474. The second-order valence-corrected chi connectivity index (χ2v) is 10.5. The molecule has 2 nitrogen and oxygen atoms in total. The third-order valence-electron chi connectivity index (χ3n) is 5.64. The van der Waals surface area contributed by atoms with E-state index in [9.17, 15) is 10.2 Å². The number of aromatic hydroxyl groups is 2. The van der Waals surface area contributed by atoms with E-state index in [1.807, 2.05) is 13.8 Å². The summed E-state index contributed by atoms with van der Waals surface area (Å²) in [5.74, 6) is 0.840. The molecule has 0 aliphatic heterocycles. The lowest BCUT2D eigenvalue weighted by Gasteiger charge is -2.24. The van der Waals surface area contributed by atoms with Gasteiger partial charge in [0.2, 0.25) is 0 Å². The van der Waals surface area contributed by atoms with Gasteiger partial charge in [-0.2, -0.15) is 0 Å². The molecule has 0 radical (unpaired) electrons. The zero-order valence-electron chi connectivity index (χ0n) is 19.0. The van der Waals surface area contributed by atoms with Gasteiger partial charge in [-0.3, -0.25) is 0 Å². The molecule has 160 valence electrons. The van der Waals surface area contributed by atoms with Crippen LogP contribution in [0.1, 0.15) is 81.5 Å². The Morgan fingerprint density at radius 2 is 1.07 bits per heavy atom. The van der Waals surface area contributed by atoms with Crippen LogP contribution in [0.5, 0.6) is 11.5 Å². The van der Waals surface area contributed by atoms with Crippen LogP contribution in [0.15, 0.2) is 24.3 Å². The summed E-state index contributed by atoms with van der Waals surface area (Å²) >= 11 is 0. The predicted molar refractivity (Wildman–Crippen MR) is 129 cm³/mol. The summed E-state index contributed by atoms with van der Waals surface area (Å²) in [7, 11) is -0.793. The number of rotatable bonds is 11. The third kappa shape index (κ3) is 6.22. The topological polar surface area (TPSA) is 40.5 Å². The molecule has 0 aliphatic carbocycles. The number of unbranched alkanes of at least 4 members (excludes halogenated alkanes) is 3. The molecular weight excluding hydrogens is 375 g/mol. The molecule has 0 atom stereocenters. The minimum Gasteiger partial charge on any atom is -0.507 e. The van der Waals surface area contributed by atoms with Crippen molar-refractivity contribution in [1.29, 1.82) is 0 Å². The van der Waals surface area contributed by atoms with Crippen LogP contribution in [0, 0.1) is 13.8 Å². The standard InChI is InChI=1S/C26H39O2P/c1-6-9-12-21-15-19(4)25(27)23(17-21)29(14-11-8-3)24-18-22(13-10-7-2)16-20(5)26(24)28/h15-18,27-28H,6-14H2,1-5H3. The monoisotopic (exact) mass is 414 g/mol. The van der Waals surface area contributed by atoms with Crippen LogP contribution in [0.4, 0.5) is 0 Å². The third-order valence-corrected chi connectivity index (χ3v) is 8.24. The smallest absolute Gasteiger partial charge is 0.126 e. The molecule has 2 aromatic carbocycles. The Morgan fingerprint density at radius 3 is 1.45 bits per heavy atom. The molecule has 0 saturated carbocycles. The van der Waals surface area contributed by atoms with Crippen LogP contribution in [-0.4, -0.2) is 16.4 Å². The maximum absolute atomic E-state index is 11.0. The molecule has 0 fully saturated rings. The van der Waals surface area contributed by atoms with Crippen molar-refractivity contribution in [2.75, 3.05) is 6.16 Å². The van der Waals surface area contributed by atoms with Crippen molar-refractivity contribution >= 4 is 18.5 Å². The summed E-state index contributed by atoms with van der Waals surface area (Å²) in [6.45, 7) is 10.6. The highest BCUT2D eigenvalue weighted by molar-refractivity contribution is 7.73. The number of benzene rings is 2. The van der Waals surface area contributed by atoms with Gasteiger partial charge in [0.15, 0.2) is 0 Å². The van der Waals surface area contributed by atoms with E-state index in [1.165, 1.54) is 24.0 Å². The normalized spacial score (nSPS) is 11.4. The molecule has 2 aromatic rings. The molecule has 0 unspecified atom stereocenters. The van der Waals surface area contributed by atoms with E-state index < -0.39 is 7.92 Å². The first kappa shape index (κ1) is 23.7. The van der Waals surface area contributed by atoms with Crippen molar-refractivity contribution < 1.29 is 10.2 Å². The van der Waals surface area contributed by atoms with E-state index >= 15 is 0 Å². The lowest BCUT2D eigenvalue weighted by atomic mass is 10.1. The summed E-state index contributed by atoms with van der Waals surface area (Å²) in [5, 5.41) is 24.1. The van der Waals surface area contributed by atoms with Crippen LogP contribution in [-0.2, 0) is 12.8 Å². The van der Waals surface area contributed by atoms with E-state index in [-0.39, 0.29) is 0 Å². The second kappa shape index (κ2) is 11.6. The molecule has 0 bridgehead atoms. The number of hydrogen-bond acceptors (Lipinski definition) is 2. The second-order valence-electron chi connectivity index (χ2n) is 8.27. The minimum atomic E-state index is -0.793. The van der Waals surface area contributed by atoms with Crippen LogP contribution < -0.4 is 10.6 Å². The fourth-order valence-electron chi connectivity index (χ4n) is 3.82. The first-order valence-corrected chi connectivity index (χ1v) is 12.9. The Balaban J connectivity index is 2.57. The fourth-order valence-corrected chi connectivity index (χ4v) is 6.70. The molecule has 2 N–H and O–H groups in total. The minimum absolute atomic E-state index is 0.420. The van der Waals surface area contributed by atoms with Gasteiger partial charge in [0.05, 0.1) is 0 Å². The Kier molecular flexibility index (Phi) is 9.50. The first-order chi connectivity index (χ1) is 13.9. The molecule has 29 heavy (non-hydrogen) atoms. The van der Waals surface area contributed by atoms with Crippen molar-refractivity contribution in [2.45, 2.75) is 86.0 Å². The van der Waals surface area contributed by atoms with E-state index in [2.05, 4.69) is 45.0 Å². The molecule has 3 heteroatoms. The van der Waals surface area contributed by atoms with Gasteiger partial charge in [0.25, 0.3) is 0 Å². The number of aryl methyl sites for hydroxylation is 4. The predicted octanol–water partition coefficient (Wildman–Crippen LogP) is 6.63. The van der Waals surface area contributed by atoms with Gasteiger partial charge in [-0.25, -0.2) is 0 Å². The van der Waals surface area contributed by atoms with E-state index in [0.717, 1.165) is 66.4 Å². The molecule has 0 aromatic heterocycles. The van der Waals surface area contributed by atoms with Gasteiger partial charge < -0.3 is 10.2 Å². The summed E-state index contributed by atoms with van der Waals surface area (Å²) in [6.07, 6.45) is 9.95. The van der Waals surface area contributed by atoms with Gasteiger partial charge in [0.1, 0.15) is 11.5 Å². The summed E-state index contributed by atoms with van der Waals surface area (Å²) in [4.78, 5) is 0. The number of phenols is 2. The quantitative estimate of drug-likeness (QED) is 0.405. The summed E-state index contributed by atoms with van der Waals surface area (Å²) in [6, 6.07) is 8.69. The summed E-state index contributed by atoms with van der Waals surface area (Å²) < 4.78 is 0. The number of hydrogen-bond donors (Lipinski definition) is 2. The molecule has 0 amide bonds. The van der Waals surface area contributed by atoms with Gasteiger partial charge in [-0.15, -0.1) is 0 Å². The average molecular weight is 415 g/mol. The molecule has 0 saturated heterocycles. The maximum Gasteiger partial charge on any atom is 0.126 e. The van der Waals surface area contributed by atoms with Crippen LogP contribution in [0.2, 0.25) is 0 Å². The van der Waals surface area contributed by atoms with Gasteiger partial charge >= 0.3 is 0 Å². The Morgan fingerprint density at radius 1 is 0.655 bits per heavy atom. The Labute approximate surface area is 179 Å². The van der Waals surface area contributed by atoms with Gasteiger partial charge in [-0.1, -0.05) is 52.2 Å². The van der Waals surface area contributed by atoms with Gasteiger partial charge in [-0.05, 0) is 94.4 Å². The van der Waals surface area contributed by atoms with Crippen molar-refractivity contribution in [2.24, 2.45) is 0 Å². The van der Waals surface area contributed by atoms with Crippen molar-refractivity contribution in [3.63, 3.8) is 0 Å². The largest absolute Gasteiger partial charge is 0.507 e. The molecule has 0 heterocycles. The van der Waals surface area contributed by atoms with Crippen molar-refractivity contribution in [1.82, 2.24) is 0 Å². The lowest BCUT2D eigenvalue weighted by Crippen LogP contribution is -2.18. The maximum atomic E-state index is 11.0. The molecule has 0 aliphatic rings. The van der Waals surface area contributed by atoms with Crippen molar-refractivity contribution in [3.05, 3.63) is 46.5 Å². The Bertz CT molecular complexity index is 734. The number of phenolic OH excluding ortho intramolecular Hbond substituents is 2. The summed E-state index contributed by atoms with van der Waals surface area (Å²) in [5.41, 5.74) is 4.52. The SMILES string of the molecule is CCCCc1cc(C)c(O)c(P(CCCC)c2cc(CCCC)cc(C)c2O)c1. The fraction of sp³-hybridized carbons (Fsp3) is 0.538. The van der Waals surface area contributed by atoms with E-state index in [1.54, 1.807) is 0 Å². The van der Waals surface area contributed by atoms with Crippen molar-refractivity contribution in [3.8, 4) is 11.5 Å². The van der Waals surface area contributed by atoms with Gasteiger partial charge in [0, 0.05) is 10.6 Å². The molecule has 2 rings (SSSR count). The highest BCUT2D eigenvalue weighted by Gasteiger charge is 2.23. The average Bonchev–Trinajstić information content (AvgIpc) is 2.71. The van der Waals surface area contributed by atoms with E-state index in [0.29, 0.717) is 11.5 Å². The molecule has 0 spiro atoms.